The molecule has 0 aliphatic carbocycles. The number of carbonyl (C=O) groups is 1. The summed E-state index contributed by atoms with van der Waals surface area (Å²) < 4.78 is 8.78. The van der Waals surface area contributed by atoms with Crippen LogP contribution >= 0.6 is 11.6 Å². The average molecular weight is 346 g/mol. The van der Waals surface area contributed by atoms with Crippen LogP contribution in [0.25, 0.3) is 0 Å². The zero-order valence-corrected chi connectivity index (χ0v) is 14.0. The summed E-state index contributed by atoms with van der Waals surface area (Å²) in [5.41, 5.74) is 1.22. The summed E-state index contributed by atoms with van der Waals surface area (Å²) in [6.45, 7) is 2.10. The van der Waals surface area contributed by atoms with Crippen molar-refractivity contribution in [2.45, 2.75) is 13.7 Å². The second kappa shape index (κ2) is 6.76. The van der Waals surface area contributed by atoms with Crippen molar-refractivity contribution in [2.24, 2.45) is 7.05 Å². The molecule has 2 heterocycles. The molecule has 1 N–H and O–H groups in total. The number of ether oxygens (including phenoxy) is 1. The van der Waals surface area contributed by atoms with E-state index in [0.717, 1.165) is 5.56 Å². The van der Waals surface area contributed by atoms with Gasteiger partial charge in [-0.05, 0) is 36.8 Å². The van der Waals surface area contributed by atoms with E-state index in [4.69, 9.17) is 16.3 Å². The van der Waals surface area contributed by atoms with Gasteiger partial charge in [-0.25, -0.2) is 4.68 Å². The summed E-state index contributed by atoms with van der Waals surface area (Å²) in [6.07, 6.45) is 3.42. The summed E-state index contributed by atoms with van der Waals surface area (Å²) in [7, 11) is 1.78. The first-order chi connectivity index (χ1) is 11.5. The second-order valence-electron chi connectivity index (χ2n) is 5.25. The van der Waals surface area contributed by atoms with Crippen molar-refractivity contribution in [3.8, 4) is 5.75 Å². The Balaban J connectivity index is 1.60. The molecule has 0 saturated carbocycles. The van der Waals surface area contributed by atoms with E-state index >= 15 is 0 Å². The highest BCUT2D eigenvalue weighted by Crippen LogP contribution is 2.21. The summed E-state index contributed by atoms with van der Waals surface area (Å²) in [4.78, 5) is 12.1. The molecular formula is C16H16ClN5O2. The van der Waals surface area contributed by atoms with Crippen LogP contribution in [0, 0.1) is 6.92 Å². The molecule has 124 valence electrons. The van der Waals surface area contributed by atoms with Crippen molar-refractivity contribution in [2.75, 3.05) is 5.32 Å². The zero-order valence-electron chi connectivity index (χ0n) is 13.2. The van der Waals surface area contributed by atoms with Crippen molar-refractivity contribution >= 4 is 23.3 Å². The molecule has 1 aromatic carbocycles. The minimum Gasteiger partial charge on any atom is -0.471 e. The van der Waals surface area contributed by atoms with Crippen LogP contribution in [-0.2, 0) is 13.8 Å². The number of halogens is 1. The fourth-order valence-corrected chi connectivity index (χ4v) is 2.18. The van der Waals surface area contributed by atoms with Gasteiger partial charge in [0.25, 0.3) is 5.91 Å². The van der Waals surface area contributed by atoms with Crippen LogP contribution in [-0.4, -0.2) is 25.5 Å². The number of hydrogen-bond acceptors (Lipinski definition) is 4. The molecule has 0 saturated heterocycles. The van der Waals surface area contributed by atoms with E-state index in [1.54, 1.807) is 48.4 Å². The molecule has 2 aromatic heterocycles. The minimum atomic E-state index is -0.324. The second-order valence-corrected chi connectivity index (χ2v) is 5.66. The normalized spacial score (nSPS) is 10.6. The number of benzene rings is 1. The Hall–Kier alpha value is -2.80. The van der Waals surface area contributed by atoms with E-state index in [0.29, 0.717) is 16.6 Å². The third-order valence-electron chi connectivity index (χ3n) is 3.32. The smallest absolute Gasteiger partial charge is 0.277 e. The van der Waals surface area contributed by atoms with Crippen LogP contribution in [0.2, 0.25) is 5.02 Å². The Labute approximate surface area is 143 Å². The maximum Gasteiger partial charge on any atom is 0.277 e. The van der Waals surface area contributed by atoms with Gasteiger partial charge in [-0.2, -0.15) is 10.2 Å². The molecule has 0 fully saturated rings. The number of aromatic nitrogens is 4. The predicted molar refractivity (Wildman–Crippen MR) is 90.2 cm³/mol. The number of nitrogens with zero attached hydrogens (tertiary/aromatic N) is 4. The maximum atomic E-state index is 12.1. The van der Waals surface area contributed by atoms with E-state index in [1.165, 1.54) is 4.68 Å². The molecule has 8 heteroatoms. The number of hydrogen-bond donors (Lipinski definition) is 1. The van der Waals surface area contributed by atoms with Gasteiger partial charge >= 0.3 is 0 Å². The van der Waals surface area contributed by atoms with Crippen LogP contribution in [0.3, 0.4) is 0 Å². The quantitative estimate of drug-likeness (QED) is 0.771. The molecule has 0 spiro atoms. The van der Waals surface area contributed by atoms with Crippen molar-refractivity contribution in [3.05, 3.63) is 59.0 Å². The van der Waals surface area contributed by atoms with E-state index in [9.17, 15) is 4.79 Å². The van der Waals surface area contributed by atoms with Gasteiger partial charge in [-0.3, -0.25) is 9.48 Å². The molecule has 0 aliphatic heterocycles. The number of anilines is 1. The third kappa shape index (κ3) is 3.75. The van der Waals surface area contributed by atoms with Crippen molar-refractivity contribution in [1.29, 1.82) is 0 Å². The van der Waals surface area contributed by atoms with Gasteiger partial charge < -0.3 is 10.1 Å². The molecule has 7 nitrogen and oxygen atoms in total. The van der Waals surface area contributed by atoms with Gasteiger partial charge in [0.15, 0.2) is 18.2 Å². The average Bonchev–Trinajstić information content (AvgIpc) is 3.18. The molecule has 0 aliphatic rings. The molecule has 0 unspecified atom stereocenters. The van der Waals surface area contributed by atoms with Gasteiger partial charge in [0.05, 0.1) is 0 Å². The first-order valence-electron chi connectivity index (χ1n) is 7.25. The van der Waals surface area contributed by atoms with Crippen molar-refractivity contribution in [1.82, 2.24) is 19.6 Å². The molecule has 3 aromatic rings. The first-order valence-corrected chi connectivity index (χ1v) is 7.62. The Morgan fingerprint density at radius 1 is 1.25 bits per heavy atom. The lowest BCUT2D eigenvalue weighted by atomic mass is 10.2. The van der Waals surface area contributed by atoms with E-state index in [2.05, 4.69) is 15.5 Å². The van der Waals surface area contributed by atoms with Crippen LogP contribution in [0.4, 0.5) is 5.82 Å². The molecule has 24 heavy (non-hydrogen) atoms. The van der Waals surface area contributed by atoms with Crippen LogP contribution in [0.15, 0.2) is 42.7 Å². The lowest BCUT2D eigenvalue weighted by molar-refractivity contribution is 0.102. The Bertz CT molecular complexity index is 871. The molecule has 1 amide bonds. The molecular weight excluding hydrogens is 330 g/mol. The predicted octanol–water partition coefficient (Wildman–Crippen LogP) is 2.87. The summed E-state index contributed by atoms with van der Waals surface area (Å²) >= 11 is 5.98. The fraction of sp³-hybridized carbons (Fsp3) is 0.188. The first kappa shape index (κ1) is 16.1. The van der Waals surface area contributed by atoms with Crippen molar-refractivity contribution < 1.29 is 9.53 Å². The molecule has 0 radical (unpaired) electrons. The third-order valence-corrected chi connectivity index (χ3v) is 3.75. The fourth-order valence-electron chi connectivity index (χ4n) is 2.06. The lowest BCUT2D eigenvalue weighted by Crippen LogP contribution is -2.14. The Morgan fingerprint density at radius 3 is 2.79 bits per heavy atom. The van der Waals surface area contributed by atoms with Gasteiger partial charge in [-0.15, -0.1) is 0 Å². The maximum absolute atomic E-state index is 12.1. The van der Waals surface area contributed by atoms with E-state index in [1.807, 2.05) is 13.0 Å². The highest BCUT2D eigenvalue weighted by atomic mass is 35.5. The summed E-state index contributed by atoms with van der Waals surface area (Å²) in [5.74, 6) is 0.839. The minimum absolute atomic E-state index is 0.192. The zero-order chi connectivity index (χ0) is 17.1. The SMILES string of the molecule is Cc1cc(OCn2ccc(C(=O)Nc3ccn(C)n3)n2)ccc1Cl. The molecule has 3 rings (SSSR count). The summed E-state index contributed by atoms with van der Waals surface area (Å²) in [5, 5.41) is 11.6. The standard InChI is InChI=1S/C16H16ClN5O2/c1-11-9-12(3-4-13(11)17)24-10-22-8-5-14(19-22)16(23)18-15-6-7-21(2)20-15/h3-9H,10H2,1-2H3,(H,18,20,23). The molecule has 0 atom stereocenters. The highest BCUT2D eigenvalue weighted by molar-refractivity contribution is 6.31. The van der Waals surface area contributed by atoms with E-state index in [-0.39, 0.29) is 18.3 Å². The number of amides is 1. The number of rotatable bonds is 5. The van der Waals surface area contributed by atoms with Gasteiger partial charge in [0.2, 0.25) is 0 Å². The lowest BCUT2D eigenvalue weighted by Gasteiger charge is -2.07. The topological polar surface area (TPSA) is 74.0 Å². The number of carbonyl (C=O) groups excluding carboxylic acids is 1. The van der Waals surface area contributed by atoms with Crippen LogP contribution in [0.1, 0.15) is 16.1 Å². The van der Waals surface area contributed by atoms with E-state index < -0.39 is 0 Å². The number of aryl methyl sites for hydroxylation is 2. The Kier molecular flexibility index (Phi) is 4.52. The highest BCUT2D eigenvalue weighted by Gasteiger charge is 2.11. The monoisotopic (exact) mass is 345 g/mol. The molecule has 0 bridgehead atoms. The van der Waals surface area contributed by atoms with Crippen LogP contribution < -0.4 is 10.1 Å². The van der Waals surface area contributed by atoms with Gasteiger partial charge in [-0.1, -0.05) is 11.6 Å². The van der Waals surface area contributed by atoms with Crippen molar-refractivity contribution in [3.63, 3.8) is 0 Å². The Morgan fingerprint density at radius 2 is 2.08 bits per heavy atom. The van der Waals surface area contributed by atoms with Crippen LogP contribution in [0.5, 0.6) is 5.75 Å². The number of nitrogens with one attached hydrogen (secondary N) is 1. The van der Waals surface area contributed by atoms with Gasteiger partial charge in [0.1, 0.15) is 5.75 Å². The summed E-state index contributed by atoms with van der Waals surface area (Å²) in [6, 6.07) is 8.74. The van der Waals surface area contributed by atoms with Gasteiger partial charge in [0, 0.05) is 30.5 Å². The largest absolute Gasteiger partial charge is 0.471 e.